The van der Waals surface area contributed by atoms with E-state index in [1.807, 2.05) is 19.2 Å². The molecular formula is C14H19N3O2S. The quantitative estimate of drug-likeness (QED) is 0.917. The topological polar surface area (TPSA) is 74.2 Å². The minimum atomic E-state index is -0.721. The number of nitrogens with two attached hydrogens (primary N) is 1. The minimum Gasteiger partial charge on any atom is -0.376 e. The van der Waals surface area contributed by atoms with Gasteiger partial charge in [0.15, 0.2) is 5.82 Å². The lowest BCUT2D eigenvalue weighted by molar-refractivity contribution is -0.0222. The Morgan fingerprint density at radius 2 is 2.30 bits per heavy atom. The van der Waals surface area contributed by atoms with Gasteiger partial charge < -0.3 is 15.0 Å². The Morgan fingerprint density at radius 1 is 1.50 bits per heavy atom. The van der Waals surface area contributed by atoms with Crippen molar-refractivity contribution in [2.24, 2.45) is 5.73 Å². The summed E-state index contributed by atoms with van der Waals surface area (Å²) in [6, 6.07) is 0. The number of ether oxygens (including phenoxy) is 1. The maximum atomic E-state index is 6.26. The van der Waals surface area contributed by atoms with Gasteiger partial charge in [0.1, 0.15) is 5.54 Å². The van der Waals surface area contributed by atoms with E-state index in [4.69, 9.17) is 15.0 Å². The SMILES string of the molecule is Cc1cscc1-c1nc(C(C)(N)COC2CCC2)no1. The van der Waals surface area contributed by atoms with Crippen molar-refractivity contribution in [1.82, 2.24) is 10.1 Å². The van der Waals surface area contributed by atoms with Crippen LogP contribution in [0, 0.1) is 6.92 Å². The lowest BCUT2D eigenvalue weighted by atomic mass is 9.95. The molecule has 2 heterocycles. The van der Waals surface area contributed by atoms with Crippen molar-refractivity contribution in [1.29, 1.82) is 0 Å². The summed E-state index contributed by atoms with van der Waals surface area (Å²) >= 11 is 1.62. The number of aromatic nitrogens is 2. The van der Waals surface area contributed by atoms with Crippen LogP contribution in [0.4, 0.5) is 0 Å². The van der Waals surface area contributed by atoms with Gasteiger partial charge in [-0.05, 0) is 44.1 Å². The molecule has 5 nitrogen and oxygen atoms in total. The van der Waals surface area contributed by atoms with Crippen LogP contribution in [0.15, 0.2) is 15.3 Å². The van der Waals surface area contributed by atoms with Gasteiger partial charge in [0.25, 0.3) is 5.89 Å². The van der Waals surface area contributed by atoms with Crippen LogP contribution in [0.25, 0.3) is 11.5 Å². The van der Waals surface area contributed by atoms with Crippen molar-refractivity contribution in [2.45, 2.75) is 44.8 Å². The van der Waals surface area contributed by atoms with Crippen LogP contribution in [0.5, 0.6) is 0 Å². The highest BCUT2D eigenvalue weighted by Crippen LogP contribution is 2.28. The zero-order valence-corrected chi connectivity index (χ0v) is 12.6. The van der Waals surface area contributed by atoms with Crippen LogP contribution in [0.1, 0.15) is 37.6 Å². The molecule has 0 spiro atoms. The van der Waals surface area contributed by atoms with E-state index < -0.39 is 5.54 Å². The van der Waals surface area contributed by atoms with Crippen molar-refractivity contribution >= 4 is 11.3 Å². The van der Waals surface area contributed by atoms with Gasteiger partial charge in [-0.1, -0.05) is 5.16 Å². The number of rotatable bonds is 5. The van der Waals surface area contributed by atoms with E-state index >= 15 is 0 Å². The molecule has 1 aliphatic rings. The van der Waals surface area contributed by atoms with Crippen molar-refractivity contribution in [2.75, 3.05) is 6.61 Å². The van der Waals surface area contributed by atoms with E-state index in [0.717, 1.165) is 24.0 Å². The zero-order valence-electron chi connectivity index (χ0n) is 11.8. The van der Waals surface area contributed by atoms with E-state index in [1.54, 1.807) is 11.3 Å². The van der Waals surface area contributed by atoms with E-state index in [2.05, 4.69) is 15.5 Å². The molecule has 0 radical (unpaired) electrons. The van der Waals surface area contributed by atoms with E-state index in [9.17, 15) is 0 Å². The van der Waals surface area contributed by atoms with Crippen LogP contribution < -0.4 is 5.73 Å². The van der Waals surface area contributed by atoms with Gasteiger partial charge in [-0.2, -0.15) is 16.3 Å². The monoisotopic (exact) mass is 293 g/mol. The molecule has 1 saturated carbocycles. The summed E-state index contributed by atoms with van der Waals surface area (Å²) in [6.07, 6.45) is 3.85. The molecule has 0 saturated heterocycles. The summed E-state index contributed by atoms with van der Waals surface area (Å²) in [5.41, 5.74) is 7.65. The van der Waals surface area contributed by atoms with Crippen LogP contribution in [0.2, 0.25) is 0 Å². The summed E-state index contributed by atoms with van der Waals surface area (Å²) in [4.78, 5) is 4.43. The largest absolute Gasteiger partial charge is 0.376 e. The number of hydrogen-bond acceptors (Lipinski definition) is 6. The smallest absolute Gasteiger partial charge is 0.259 e. The van der Waals surface area contributed by atoms with Crippen molar-refractivity contribution in [3.05, 3.63) is 22.1 Å². The maximum Gasteiger partial charge on any atom is 0.259 e. The summed E-state index contributed by atoms with van der Waals surface area (Å²) in [6.45, 7) is 4.32. The van der Waals surface area contributed by atoms with Gasteiger partial charge >= 0.3 is 0 Å². The standard InChI is InChI=1S/C14H19N3O2S/c1-9-6-20-7-11(9)12-16-13(17-19-12)14(2,15)8-18-10-4-3-5-10/h6-7,10H,3-5,8,15H2,1-2H3. The molecule has 2 aromatic rings. The summed E-state index contributed by atoms with van der Waals surface area (Å²) < 4.78 is 11.1. The highest BCUT2D eigenvalue weighted by molar-refractivity contribution is 7.08. The van der Waals surface area contributed by atoms with Gasteiger partial charge in [0, 0.05) is 5.38 Å². The Labute approximate surface area is 122 Å². The first kappa shape index (κ1) is 13.7. The van der Waals surface area contributed by atoms with Gasteiger partial charge in [0.2, 0.25) is 0 Å². The molecule has 1 unspecified atom stereocenters. The fraction of sp³-hybridized carbons (Fsp3) is 0.571. The minimum absolute atomic E-state index is 0.350. The van der Waals surface area contributed by atoms with Crippen LogP contribution in [-0.4, -0.2) is 22.9 Å². The van der Waals surface area contributed by atoms with Gasteiger partial charge in [0.05, 0.1) is 18.3 Å². The molecular weight excluding hydrogens is 274 g/mol. The maximum absolute atomic E-state index is 6.26. The van der Waals surface area contributed by atoms with Gasteiger partial charge in [-0.25, -0.2) is 0 Å². The van der Waals surface area contributed by atoms with Gasteiger partial charge in [-0.15, -0.1) is 0 Å². The fourth-order valence-corrected chi connectivity index (χ4v) is 2.86. The van der Waals surface area contributed by atoms with Gasteiger partial charge in [-0.3, -0.25) is 0 Å². The third-order valence-electron chi connectivity index (χ3n) is 3.69. The third-order valence-corrected chi connectivity index (χ3v) is 4.56. The Balaban J connectivity index is 1.73. The first-order valence-corrected chi connectivity index (χ1v) is 7.78. The van der Waals surface area contributed by atoms with Crippen LogP contribution in [0.3, 0.4) is 0 Å². The second-order valence-electron chi connectivity index (χ2n) is 5.67. The number of thiophene rings is 1. The number of nitrogens with zero attached hydrogens (tertiary/aromatic N) is 2. The average Bonchev–Trinajstić information content (AvgIpc) is 2.94. The van der Waals surface area contributed by atoms with Crippen molar-refractivity contribution < 1.29 is 9.26 Å². The Morgan fingerprint density at radius 3 is 2.90 bits per heavy atom. The van der Waals surface area contributed by atoms with Crippen LogP contribution >= 0.6 is 11.3 Å². The Bertz CT molecular complexity index is 587. The predicted octanol–water partition coefficient (Wildman–Crippen LogP) is 2.85. The summed E-state index contributed by atoms with van der Waals surface area (Å²) in [7, 11) is 0. The molecule has 0 bridgehead atoms. The molecule has 1 atom stereocenters. The molecule has 0 aromatic carbocycles. The molecule has 108 valence electrons. The second-order valence-corrected chi connectivity index (χ2v) is 6.42. The number of hydrogen-bond donors (Lipinski definition) is 1. The lowest BCUT2D eigenvalue weighted by Crippen LogP contribution is -2.41. The predicted molar refractivity (Wildman–Crippen MR) is 77.5 cm³/mol. The summed E-state index contributed by atoms with van der Waals surface area (Å²) in [5.74, 6) is 1.02. The Kier molecular flexibility index (Phi) is 3.62. The molecule has 2 aromatic heterocycles. The molecule has 0 amide bonds. The van der Waals surface area contributed by atoms with Crippen LogP contribution in [-0.2, 0) is 10.3 Å². The van der Waals surface area contributed by atoms with E-state index in [1.165, 1.54) is 6.42 Å². The molecule has 0 aliphatic heterocycles. The molecule has 2 N–H and O–H groups in total. The first-order chi connectivity index (χ1) is 9.56. The van der Waals surface area contributed by atoms with Crippen molar-refractivity contribution in [3.63, 3.8) is 0 Å². The lowest BCUT2D eigenvalue weighted by Gasteiger charge is -2.29. The first-order valence-electron chi connectivity index (χ1n) is 6.84. The second kappa shape index (κ2) is 5.27. The Hall–Kier alpha value is -1.24. The molecule has 1 aliphatic carbocycles. The van der Waals surface area contributed by atoms with Crippen molar-refractivity contribution in [3.8, 4) is 11.5 Å². The van der Waals surface area contributed by atoms with E-state index in [0.29, 0.717) is 24.4 Å². The highest BCUT2D eigenvalue weighted by atomic mass is 32.1. The average molecular weight is 293 g/mol. The molecule has 1 fully saturated rings. The van der Waals surface area contributed by atoms with E-state index in [-0.39, 0.29) is 0 Å². The third kappa shape index (κ3) is 2.63. The molecule has 3 rings (SSSR count). The molecule has 6 heteroatoms. The summed E-state index contributed by atoms with van der Waals surface area (Å²) in [5, 5.41) is 8.08. The number of aryl methyl sites for hydroxylation is 1. The zero-order chi connectivity index (χ0) is 14.2. The molecule has 20 heavy (non-hydrogen) atoms. The normalized spacial score (nSPS) is 18.8. The fourth-order valence-electron chi connectivity index (χ4n) is 2.04. The highest BCUT2D eigenvalue weighted by Gasteiger charge is 2.31.